The van der Waals surface area contributed by atoms with E-state index in [1.807, 2.05) is 37.5 Å². The van der Waals surface area contributed by atoms with E-state index in [1.165, 1.54) is 0 Å². The van der Waals surface area contributed by atoms with E-state index >= 15 is 0 Å². The molecule has 1 unspecified atom stereocenters. The lowest BCUT2D eigenvalue weighted by molar-refractivity contribution is 0.223. The maximum absolute atomic E-state index is 6.06. The number of hydrogen-bond acceptors (Lipinski definition) is 4. The van der Waals surface area contributed by atoms with Crippen LogP contribution >= 0.6 is 15.9 Å². The molecule has 0 bridgehead atoms. The molecule has 1 atom stereocenters. The van der Waals surface area contributed by atoms with Crippen molar-refractivity contribution in [3.05, 3.63) is 46.8 Å². The van der Waals surface area contributed by atoms with E-state index in [-0.39, 0.29) is 6.10 Å². The normalized spacial score (nSPS) is 18.3. The van der Waals surface area contributed by atoms with Gasteiger partial charge in [-0.2, -0.15) is 0 Å². The molecule has 0 spiro atoms. The molecule has 0 saturated carbocycles. The molecule has 4 nitrogen and oxygen atoms in total. The minimum absolute atomic E-state index is 0.210. The summed E-state index contributed by atoms with van der Waals surface area (Å²) < 4.78 is 7.06. The Kier molecular flexibility index (Phi) is 3.87. The molecule has 104 valence electrons. The molecule has 3 heterocycles. The van der Waals surface area contributed by atoms with Crippen molar-refractivity contribution < 1.29 is 4.74 Å². The van der Waals surface area contributed by atoms with Gasteiger partial charge in [0.2, 0.25) is 0 Å². The second-order valence-corrected chi connectivity index (χ2v) is 5.87. The van der Waals surface area contributed by atoms with Crippen LogP contribution in [0.15, 0.2) is 41.3 Å². The molecule has 1 aliphatic rings. The van der Waals surface area contributed by atoms with Gasteiger partial charge >= 0.3 is 0 Å². The molecule has 1 aliphatic heterocycles. The van der Waals surface area contributed by atoms with Gasteiger partial charge in [-0.1, -0.05) is 0 Å². The smallest absolute Gasteiger partial charge is 0.128 e. The summed E-state index contributed by atoms with van der Waals surface area (Å²) in [6, 6.07) is 5.98. The fraction of sp³-hybridized carbons (Fsp3) is 0.333. The topological polar surface area (TPSA) is 38.2 Å². The highest BCUT2D eigenvalue weighted by atomic mass is 79.9. The third-order valence-electron chi connectivity index (χ3n) is 3.44. The van der Waals surface area contributed by atoms with Crippen molar-refractivity contribution in [1.29, 1.82) is 0 Å². The van der Waals surface area contributed by atoms with Gasteiger partial charge in [0.25, 0.3) is 0 Å². The van der Waals surface area contributed by atoms with E-state index in [1.54, 1.807) is 6.20 Å². The zero-order chi connectivity index (χ0) is 13.9. The highest BCUT2D eigenvalue weighted by molar-refractivity contribution is 9.10. The molecule has 3 rings (SSSR count). The Balaban J connectivity index is 1.65. The number of nitrogens with zero attached hydrogens (tertiary/aromatic N) is 3. The second-order valence-electron chi connectivity index (χ2n) is 4.95. The molecule has 1 saturated heterocycles. The highest BCUT2D eigenvalue weighted by Crippen LogP contribution is 2.24. The number of aromatic nitrogens is 2. The van der Waals surface area contributed by atoms with E-state index in [0.717, 1.165) is 41.1 Å². The van der Waals surface area contributed by atoms with Gasteiger partial charge in [-0.15, -0.1) is 0 Å². The average molecular weight is 334 g/mol. The summed E-state index contributed by atoms with van der Waals surface area (Å²) in [6.45, 7) is 3.87. The lowest BCUT2D eigenvalue weighted by Gasteiger charge is -2.18. The molecular weight excluding hydrogens is 318 g/mol. The Hall–Kier alpha value is -1.62. The third-order valence-corrected chi connectivity index (χ3v) is 3.91. The zero-order valence-electron chi connectivity index (χ0n) is 11.3. The van der Waals surface area contributed by atoms with Crippen LogP contribution in [0.4, 0.5) is 5.82 Å². The first-order chi connectivity index (χ1) is 9.72. The molecular formula is C15H16BrN3O. The fourth-order valence-electron chi connectivity index (χ4n) is 2.36. The van der Waals surface area contributed by atoms with Gasteiger partial charge in [-0.05, 0) is 41.1 Å². The first kappa shape index (κ1) is 13.4. The van der Waals surface area contributed by atoms with Crippen molar-refractivity contribution in [1.82, 2.24) is 9.97 Å². The van der Waals surface area contributed by atoms with Crippen LogP contribution in [0.1, 0.15) is 12.0 Å². The SMILES string of the molecule is Cc1cnccc1OC1CCN(c2ccc(Br)cn2)C1. The van der Waals surface area contributed by atoms with Crippen molar-refractivity contribution >= 4 is 21.7 Å². The molecule has 0 N–H and O–H groups in total. The molecule has 0 aliphatic carbocycles. The summed E-state index contributed by atoms with van der Waals surface area (Å²) in [6.07, 6.45) is 6.65. The van der Waals surface area contributed by atoms with Crippen LogP contribution in [0.2, 0.25) is 0 Å². The molecule has 0 amide bonds. The van der Waals surface area contributed by atoms with Crippen molar-refractivity contribution in [3.8, 4) is 5.75 Å². The fourth-order valence-corrected chi connectivity index (χ4v) is 2.59. The Morgan fingerprint density at radius 3 is 2.95 bits per heavy atom. The van der Waals surface area contributed by atoms with Crippen LogP contribution in [0, 0.1) is 6.92 Å². The van der Waals surface area contributed by atoms with Crippen LogP contribution in [0.5, 0.6) is 5.75 Å². The van der Waals surface area contributed by atoms with Gasteiger partial charge in [0.05, 0.1) is 6.54 Å². The summed E-state index contributed by atoms with van der Waals surface area (Å²) in [5.41, 5.74) is 1.08. The van der Waals surface area contributed by atoms with Crippen LogP contribution in [-0.4, -0.2) is 29.2 Å². The standard InChI is InChI=1S/C15H16BrN3O/c1-11-8-17-6-4-14(11)20-13-5-7-19(10-13)15-3-2-12(16)9-18-15/h2-4,6,8-9,13H,5,7,10H2,1H3. The van der Waals surface area contributed by atoms with Crippen LogP contribution in [0.25, 0.3) is 0 Å². The summed E-state index contributed by atoms with van der Waals surface area (Å²) in [4.78, 5) is 10.8. The molecule has 2 aromatic heterocycles. The van der Waals surface area contributed by atoms with Crippen molar-refractivity contribution in [2.45, 2.75) is 19.4 Å². The Labute approximate surface area is 126 Å². The van der Waals surface area contributed by atoms with Gasteiger partial charge in [0, 0.05) is 41.6 Å². The van der Waals surface area contributed by atoms with Gasteiger partial charge in [0.1, 0.15) is 17.7 Å². The Morgan fingerprint density at radius 2 is 2.20 bits per heavy atom. The van der Waals surface area contributed by atoms with E-state index in [9.17, 15) is 0 Å². The number of pyridine rings is 2. The predicted octanol–water partition coefficient (Wildman–Crippen LogP) is 3.21. The van der Waals surface area contributed by atoms with Gasteiger partial charge in [-0.25, -0.2) is 4.98 Å². The second kappa shape index (κ2) is 5.79. The number of aryl methyl sites for hydroxylation is 1. The Morgan fingerprint density at radius 1 is 1.30 bits per heavy atom. The van der Waals surface area contributed by atoms with Crippen LogP contribution < -0.4 is 9.64 Å². The molecule has 5 heteroatoms. The molecule has 2 aromatic rings. The quantitative estimate of drug-likeness (QED) is 0.864. The summed E-state index contributed by atoms with van der Waals surface area (Å²) in [5, 5.41) is 0. The van der Waals surface area contributed by atoms with Gasteiger partial charge < -0.3 is 9.64 Å². The first-order valence-corrected chi connectivity index (χ1v) is 7.45. The van der Waals surface area contributed by atoms with Gasteiger partial charge in [0.15, 0.2) is 0 Å². The number of halogens is 1. The summed E-state index contributed by atoms with van der Waals surface area (Å²) in [7, 11) is 0. The predicted molar refractivity (Wildman–Crippen MR) is 82.2 cm³/mol. The van der Waals surface area contributed by atoms with Crippen molar-refractivity contribution in [2.75, 3.05) is 18.0 Å². The Bertz CT molecular complexity index is 588. The maximum atomic E-state index is 6.06. The first-order valence-electron chi connectivity index (χ1n) is 6.66. The van der Waals surface area contributed by atoms with Gasteiger partial charge in [-0.3, -0.25) is 4.98 Å². The third kappa shape index (κ3) is 2.93. The van der Waals surface area contributed by atoms with E-state index in [0.29, 0.717) is 0 Å². The van der Waals surface area contributed by atoms with E-state index in [2.05, 4.69) is 30.8 Å². The summed E-state index contributed by atoms with van der Waals surface area (Å²) >= 11 is 3.41. The molecule has 20 heavy (non-hydrogen) atoms. The molecule has 0 aromatic carbocycles. The maximum Gasteiger partial charge on any atom is 0.128 e. The zero-order valence-corrected chi connectivity index (χ0v) is 12.9. The average Bonchev–Trinajstić information content (AvgIpc) is 2.91. The van der Waals surface area contributed by atoms with E-state index < -0.39 is 0 Å². The molecule has 1 fully saturated rings. The minimum atomic E-state index is 0.210. The number of ether oxygens (including phenoxy) is 1. The number of hydrogen-bond donors (Lipinski definition) is 0. The van der Waals surface area contributed by atoms with Crippen LogP contribution in [-0.2, 0) is 0 Å². The summed E-state index contributed by atoms with van der Waals surface area (Å²) in [5.74, 6) is 1.93. The highest BCUT2D eigenvalue weighted by Gasteiger charge is 2.25. The molecule has 0 radical (unpaired) electrons. The van der Waals surface area contributed by atoms with E-state index in [4.69, 9.17) is 4.74 Å². The number of rotatable bonds is 3. The largest absolute Gasteiger partial charge is 0.488 e. The minimum Gasteiger partial charge on any atom is -0.488 e. The lowest BCUT2D eigenvalue weighted by Crippen LogP contribution is -2.25. The van der Waals surface area contributed by atoms with Crippen molar-refractivity contribution in [3.63, 3.8) is 0 Å². The number of anilines is 1. The van der Waals surface area contributed by atoms with Crippen LogP contribution in [0.3, 0.4) is 0 Å². The monoisotopic (exact) mass is 333 g/mol. The van der Waals surface area contributed by atoms with Crippen molar-refractivity contribution in [2.24, 2.45) is 0 Å². The lowest BCUT2D eigenvalue weighted by atomic mass is 10.2.